The van der Waals surface area contributed by atoms with Crippen LogP contribution in [0.2, 0.25) is 0 Å². The number of nitrogens with zero attached hydrogens (tertiary/aromatic N) is 1. The predicted octanol–water partition coefficient (Wildman–Crippen LogP) is 0.442. The molecule has 0 spiro atoms. The van der Waals surface area contributed by atoms with Gasteiger partial charge in [0.25, 0.3) is 5.91 Å². The Morgan fingerprint density at radius 2 is 1.94 bits per heavy atom. The largest absolute Gasteiger partial charge is 0.398 e. The first-order valence-electron chi connectivity index (χ1n) is 5.28. The van der Waals surface area contributed by atoms with E-state index >= 15 is 0 Å². The summed E-state index contributed by atoms with van der Waals surface area (Å²) in [6, 6.07) is 3.13. The molecule has 6 N–H and O–H groups in total. The third kappa shape index (κ3) is 3.13. The molecular weight excluding hydrogens is 300 g/mol. The zero-order chi connectivity index (χ0) is 13.9. The highest BCUT2D eigenvalue weighted by Crippen LogP contribution is 2.30. The number of likely N-dealkylation sites (N-methyl/N-ethyl adjacent to an activating group) is 1. The van der Waals surface area contributed by atoms with Crippen LogP contribution in [0.15, 0.2) is 16.6 Å². The van der Waals surface area contributed by atoms with Crippen LogP contribution in [0.4, 0.5) is 11.4 Å². The van der Waals surface area contributed by atoms with Crippen molar-refractivity contribution >= 4 is 39.1 Å². The van der Waals surface area contributed by atoms with Crippen molar-refractivity contribution < 1.29 is 9.59 Å². The average molecular weight is 315 g/mol. The van der Waals surface area contributed by atoms with Gasteiger partial charge in [0.05, 0.1) is 17.8 Å². The van der Waals surface area contributed by atoms with E-state index in [1.807, 2.05) is 6.92 Å². The minimum absolute atomic E-state index is 0.0528. The van der Waals surface area contributed by atoms with Crippen molar-refractivity contribution in [2.24, 2.45) is 11.5 Å². The lowest BCUT2D eigenvalue weighted by Crippen LogP contribution is -2.34. The second-order valence-electron chi connectivity index (χ2n) is 3.74. The molecule has 0 aliphatic carbocycles. The average Bonchev–Trinajstić information content (AvgIpc) is 2.25. The van der Waals surface area contributed by atoms with Crippen LogP contribution in [0.5, 0.6) is 0 Å². The molecule has 2 amide bonds. The first kappa shape index (κ1) is 14.3. The number of halogens is 1. The molecule has 0 radical (unpaired) electrons. The minimum Gasteiger partial charge on any atom is -0.398 e. The molecule has 0 heterocycles. The number of primary amides is 2. The lowest BCUT2D eigenvalue weighted by Gasteiger charge is -2.23. The fourth-order valence-electron chi connectivity index (χ4n) is 1.59. The molecule has 1 aromatic carbocycles. The predicted molar refractivity (Wildman–Crippen MR) is 74.2 cm³/mol. The number of amides is 2. The number of nitrogens with two attached hydrogens (primary N) is 3. The number of anilines is 2. The number of nitrogen functional groups attached to an aromatic ring is 1. The highest BCUT2D eigenvalue weighted by atomic mass is 79.9. The minimum atomic E-state index is -0.614. The van der Waals surface area contributed by atoms with Gasteiger partial charge in [-0.25, -0.2) is 0 Å². The molecule has 0 unspecified atom stereocenters. The van der Waals surface area contributed by atoms with E-state index < -0.39 is 11.8 Å². The summed E-state index contributed by atoms with van der Waals surface area (Å²) in [7, 11) is 0. The van der Waals surface area contributed by atoms with Crippen LogP contribution in [0.1, 0.15) is 17.3 Å². The Morgan fingerprint density at radius 1 is 1.33 bits per heavy atom. The van der Waals surface area contributed by atoms with Crippen LogP contribution >= 0.6 is 15.9 Å². The number of carbonyl (C=O) groups excluding carboxylic acids is 2. The maximum absolute atomic E-state index is 11.2. The van der Waals surface area contributed by atoms with Gasteiger partial charge in [0.15, 0.2) is 0 Å². The summed E-state index contributed by atoms with van der Waals surface area (Å²) >= 11 is 3.34. The summed E-state index contributed by atoms with van der Waals surface area (Å²) < 4.78 is 0.674. The van der Waals surface area contributed by atoms with Crippen LogP contribution in [-0.4, -0.2) is 24.9 Å². The van der Waals surface area contributed by atoms with E-state index in [-0.39, 0.29) is 17.8 Å². The van der Waals surface area contributed by atoms with Gasteiger partial charge < -0.3 is 22.1 Å². The Kier molecular flexibility index (Phi) is 4.55. The second-order valence-corrected chi connectivity index (χ2v) is 4.59. The van der Waals surface area contributed by atoms with Crippen LogP contribution < -0.4 is 22.1 Å². The van der Waals surface area contributed by atoms with E-state index in [4.69, 9.17) is 17.2 Å². The third-order valence-corrected chi connectivity index (χ3v) is 3.09. The summed E-state index contributed by atoms with van der Waals surface area (Å²) in [6.45, 7) is 2.48. The highest BCUT2D eigenvalue weighted by Gasteiger charge is 2.15. The van der Waals surface area contributed by atoms with E-state index in [1.54, 1.807) is 17.0 Å². The topological polar surface area (TPSA) is 115 Å². The van der Waals surface area contributed by atoms with E-state index in [0.29, 0.717) is 16.7 Å². The summed E-state index contributed by atoms with van der Waals surface area (Å²) in [4.78, 5) is 23.9. The number of hydrogen-bond acceptors (Lipinski definition) is 4. The summed E-state index contributed by atoms with van der Waals surface area (Å²) in [5, 5.41) is 0. The quantitative estimate of drug-likeness (QED) is 0.684. The summed E-state index contributed by atoms with van der Waals surface area (Å²) in [5.41, 5.74) is 17.3. The summed E-state index contributed by atoms with van der Waals surface area (Å²) in [5.74, 6) is -1.07. The maximum atomic E-state index is 11.2. The summed E-state index contributed by atoms with van der Waals surface area (Å²) in [6.07, 6.45) is 0. The van der Waals surface area contributed by atoms with Gasteiger partial charge in [0, 0.05) is 16.7 Å². The van der Waals surface area contributed by atoms with Gasteiger partial charge in [-0.05, 0) is 35.0 Å². The van der Waals surface area contributed by atoms with Crippen LogP contribution in [0.3, 0.4) is 0 Å². The van der Waals surface area contributed by atoms with Gasteiger partial charge in [0.2, 0.25) is 5.91 Å². The Hall–Kier alpha value is -1.76. The number of hydrogen-bond donors (Lipinski definition) is 3. The molecule has 0 fully saturated rings. The van der Waals surface area contributed by atoms with Gasteiger partial charge in [-0.3, -0.25) is 9.59 Å². The molecule has 0 saturated carbocycles. The fourth-order valence-corrected chi connectivity index (χ4v) is 2.20. The van der Waals surface area contributed by atoms with Crippen LogP contribution in [0.25, 0.3) is 0 Å². The van der Waals surface area contributed by atoms with Gasteiger partial charge in [-0.15, -0.1) is 0 Å². The molecule has 0 saturated heterocycles. The zero-order valence-corrected chi connectivity index (χ0v) is 11.5. The number of carbonyl (C=O) groups is 2. The molecule has 0 aromatic heterocycles. The lowest BCUT2D eigenvalue weighted by atomic mass is 10.1. The SMILES string of the molecule is CCN(CC(N)=O)c1cc(C(N)=O)c(N)cc1Br. The zero-order valence-electron chi connectivity index (χ0n) is 9.94. The van der Waals surface area contributed by atoms with Gasteiger partial charge in [-0.1, -0.05) is 0 Å². The second kappa shape index (κ2) is 5.72. The van der Waals surface area contributed by atoms with Crippen molar-refractivity contribution in [2.45, 2.75) is 6.92 Å². The van der Waals surface area contributed by atoms with E-state index in [0.717, 1.165) is 0 Å². The van der Waals surface area contributed by atoms with Crippen molar-refractivity contribution in [1.82, 2.24) is 0 Å². The van der Waals surface area contributed by atoms with E-state index in [2.05, 4.69) is 15.9 Å². The van der Waals surface area contributed by atoms with E-state index in [1.165, 1.54) is 0 Å². The molecule has 0 aliphatic rings. The third-order valence-electron chi connectivity index (χ3n) is 2.45. The molecule has 1 rings (SSSR count). The Morgan fingerprint density at radius 3 is 2.39 bits per heavy atom. The smallest absolute Gasteiger partial charge is 0.250 e. The highest BCUT2D eigenvalue weighted by molar-refractivity contribution is 9.10. The van der Waals surface area contributed by atoms with Gasteiger partial charge in [0.1, 0.15) is 0 Å². The first-order chi connectivity index (χ1) is 8.36. The molecule has 18 heavy (non-hydrogen) atoms. The molecular formula is C11H15BrN4O2. The van der Waals surface area contributed by atoms with Crippen molar-refractivity contribution in [2.75, 3.05) is 23.7 Å². The molecule has 6 nitrogen and oxygen atoms in total. The molecule has 7 heteroatoms. The van der Waals surface area contributed by atoms with Crippen LogP contribution in [-0.2, 0) is 4.79 Å². The molecule has 0 aliphatic heterocycles. The number of benzene rings is 1. The fraction of sp³-hybridized carbons (Fsp3) is 0.273. The van der Waals surface area contributed by atoms with E-state index in [9.17, 15) is 9.59 Å². The molecule has 0 bridgehead atoms. The van der Waals surface area contributed by atoms with Crippen molar-refractivity contribution in [3.05, 3.63) is 22.2 Å². The Bertz CT molecular complexity index is 490. The van der Waals surface area contributed by atoms with Crippen molar-refractivity contribution in [3.63, 3.8) is 0 Å². The van der Waals surface area contributed by atoms with Crippen molar-refractivity contribution in [1.29, 1.82) is 0 Å². The lowest BCUT2D eigenvalue weighted by molar-refractivity contribution is -0.116. The normalized spacial score (nSPS) is 10.1. The number of rotatable bonds is 5. The van der Waals surface area contributed by atoms with Gasteiger partial charge >= 0.3 is 0 Å². The van der Waals surface area contributed by atoms with Crippen LogP contribution in [0, 0.1) is 0 Å². The molecule has 1 aromatic rings. The Labute approximate surface area is 113 Å². The Balaban J connectivity index is 3.25. The maximum Gasteiger partial charge on any atom is 0.250 e. The standard InChI is InChI=1S/C11H15BrN4O2/c1-2-16(5-10(14)17)9-3-6(11(15)18)8(13)4-7(9)12/h3-4H,2,5,13H2,1H3,(H2,14,17)(H2,15,18). The molecule has 98 valence electrons. The molecule has 0 atom stereocenters. The monoisotopic (exact) mass is 314 g/mol. The first-order valence-corrected chi connectivity index (χ1v) is 6.08. The van der Waals surface area contributed by atoms with Gasteiger partial charge in [-0.2, -0.15) is 0 Å². The van der Waals surface area contributed by atoms with Crippen molar-refractivity contribution in [3.8, 4) is 0 Å².